The third kappa shape index (κ3) is 7.53. The van der Waals surface area contributed by atoms with E-state index in [1.165, 1.54) is 5.56 Å². The Kier molecular flexibility index (Phi) is 8.69. The van der Waals surface area contributed by atoms with E-state index in [2.05, 4.69) is 22.8 Å². The lowest BCUT2D eigenvalue weighted by Crippen LogP contribution is -2.44. The van der Waals surface area contributed by atoms with Crippen LogP contribution in [-0.4, -0.2) is 42.4 Å². The molecule has 2 N–H and O–H groups in total. The summed E-state index contributed by atoms with van der Waals surface area (Å²) in [5, 5.41) is 6.02. The predicted octanol–water partition coefficient (Wildman–Crippen LogP) is 2.93. The number of amides is 2. The molecule has 28 heavy (non-hydrogen) atoms. The van der Waals surface area contributed by atoms with Crippen molar-refractivity contribution >= 4 is 11.8 Å². The Morgan fingerprint density at radius 1 is 0.857 bits per heavy atom. The van der Waals surface area contributed by atoms with Crippen molar-refractivity contribution in [2.45, 2.75) is 39.3 Å². The van der Waals surface area contributed by atoms with Crippen molar-refractivity contribution in [3.05, 3.63) is 71.8 Å². The van der Waals surface area contributed by atoms with Gasteiger partial charge in [0.15, 0.2) is 0 Å². The number of carbonyl (C=O) groups excluding carboxylic acids is 2. The molecular weight excluding hydrogens is 350 g/mol. The van der Waals surface area contributed by atoms with Crippen LogP contribution in [0.2, 0.25) is 0 Å². The van der Waals surface area contributed by atoms with Gasteiger partial charge >= 0.3 is 0 Å². The first-order chi connectivity index (χ1) is 13.5. The highest BCUT2D eigenvalue weighted by atomic mass is 16.2. The number of hydrogen-bond donors (Lipinski definition) is 2. The van der Waals surface area contributed by atoms with Gasteiger partial charge in [0.2, 0.25) is 11.8 Å². The van der Waals surface area contributed by atoms with Gasteiger partial charge in [-0.2, -0.15) is 0 Å². The molecule has 2 aromatic rings. The van der Waals surface area contributed by atoms with Crippen molar-refractivity contribution in [1.82, 2.24) is 15.5 Å². The highest BCUT2D eigenvalue weighted by molar-refractivity contribution is 5.81. The molecule has 1 atom stereocenters. The van der Waals surface area contributed by atoms with Gasteiger partial charge < -0.3 is 10.6 Å². The predicted molar refractivity (Wildman–Crippen MR) is 113 cm³/mol. The number of nitrogens with one attached hydrogen (secondary N) is 2. The summed E-state index contributed by atoms with van der Waals surface area (Å²) in [4.78, 5) is 26.6. The van der Waals surface area contributed by atoms with E-state index < -0.39 is 0 Å². The number of hydrogen-bond acceptors (Lipinski definition) is 3. The lowest BCUT2D eigenvalue weighted by Gasteiger charge is -2.23. The van der Waals surface area contributed by atoms with Gasteiger partial charge in [-0.25, -0.2) is 0 Å². The minimum atomic E-state index is -0.112. The van der Waals surface area contributed by atoms with Gasteiger partial charge in [0, 0.05) is 6.04 Å². The molecule has 0 aliphatic carbocycles. The Bertz CT molecular complexity index is 732. The first kappa shape index (κ1) is 21.6. The fourth-order valence-electron chi connectivity index (χ4n) is 3.08. The first-order valence-electron chi connectivity index (χ1n) is 9.88. The van der Waals surface area contributed by atoms with Crippen LogP contribution in [0, 0.1) is 0 Å². The Balaban J connectivity index is 2.02. The van der Waals surface area contributed by atoms with E-state index in [0.29, 0.717) is 6.54 Å². The van der Waals surface area contributed by atoms with Crippen LogP contribution in [0.1, 0.15) is 37.9 Å². The third-order valence-corrected chi connectivity index (χ3v) is 4.45. The zero-order chi connectivity index (χ0) is 20.4. The van der Waals surface area contributed by atoms with Crippen LogP contribution >= 0.6 is 0 Å². The third-order valence-electron chi connectivity index (χ3n) is 4.45. The zero-order valence-electron chi connectivity index (χ0n) is 17.0. The van der Waals surface area contributed by atoms with Crippen LogP contribution in [0.3, 0.4) is 0 Å². The summed E-state index contributed by atoms with van der Waals surface area (Å²) in [6.45, 7) is 6.85. The van der Waals surface area contributed by atoms with Gasteiger partial charge in [0.05, 0.1) is 19.1 Å². The summed E-state index contributed by atoms with van der Waals surface area (Å²) in [7, 11) is 0. The molecule has 0 bridgehead atoms. The van der Waals surface area contributed by atoms with Crippen molar-refractivity contribution < 1.29 is 9.59 Å². The Morgan fingerprint density at radius 3 is 1.93 bits per heavy atom. The molecule has 0 aliphatic heterocycles. The molecule has 2 aromatic carbocycles. The Hall–Kier alpha value is -2.66. The summed E-state index contributed by atoms with van der Waals surface area (Å²) < 4.78 is 0. The second kappa shape index (κ2) is 11.2. The smallest absolute Gasteiger partial charge is 0.234 e. The maximum absolute atomic E-state index is 12.7. The average molecular weight is 382 g/mol. The summed E-state index contributed by atoms with van der Waals surface area (Å²) >= 11 is 0. The number of likely N-dealkylation sites (N-methyl/N-ethyl adjacent to an activating group) is 1. The molecule has 0 aromatic heterocycles. The van der Waals surface area contributed by atoms with Crippen LogP contribution in [0.5, 0.6) is 0 Å². The highest BCUT2D eigenvalue weighted by Gasteiger charge is 2.18. The fourth-order valence-corrected chi connectivity index (χ4v) is 3.08. The van der Waals surface area contributed by atoms with Crippen LogP contribution < -0.4 is 10.6 Å². The fraction of sp³-hybridized carbons (Fsp3) is 0.391. The van der Waals surface area contributed by atoms with Crippen molar-refractivity contribution in [3.63, 3.8) is 0 Å². The van der Waals surface area contributed by atoms with Gasteiger partial charge in [0.25, 0.3) is 0 Å². The normalized spacial score (nSPS) is 12.0. The molecule has 5 nitrogen and oxygen atoms in total. The van der Waals surface area contributed by atoms with Crippen molar-refractivity contribution in [1.29, 1.82) is 0 Å². The summed E-state index contributed by atoms with van der Waals surface area (Å²) in [5.74, 6) is -0.141. The highest BCUT2D eigenvalue weighted by Crippen LogP contribution is 2.18. The molecule has 0 spiro atoms. The monoisotopic (exact) mass is 381 g/mol. The second-order valence-electron chi connectivity index (χ2n) is 7.25. The number of carbonyl (C=O) groups is 2. The first-order valence-corrected chi connectivity index (χ1v) is 9.88. The molecule has 0 fully saturated rings. The average Bonchev–Trinajstić information content (AvgIpc) is 2.67. The van der Waals surface area contributed by atoms with Crippen LogP contribution in [0.4, 0.5) is 0 Å². The largest absolute Gasteiger partial charge is 0.353 e. The number of benzene rings is 2. The van der Waals surface area contributed by atoms with Crippen LogP contribution in [0.25, 0.3) is 0 Å². The van der Waals surface area contributed by atoms with Crippen LogP contribution in [0.15, 0.2) is 60.7 Å². The van der Waals surface area contributed by atoms with Gasteiger partial charge in [0.1, 0.15) is 0 Å². The minimum absolute atomic E-state index is 0.0615. The number of rotatable bonds is 10. The standard InChI is InChI=1S/C23H31N3O2/c1-4-26(16-22(27)24-18(2)3)17-23(28)25-21(20-13-9-6-10-14-20)15-19-11-7-5-8-12-19/h5-14,18,21H,4,15-17H2,1-3H3,(H,24,27)(H,25,28)/t21-/m1/s1. The van der Waals surface area contributed by atoms with Crippen molar-refractivity contribution in [2.75, 3.05) is 19.6 Å². The van der Waals surface area contributed by atoms with E-state index in [0.717, 1.165) is 12.0 Å². The van der Waals surface area contributed by atoms with Crippen LogP contribution in [-0.2, 0) is 16.0 Å². The maximum atomic E-state index is 12.7. The van der Waals surface area contributed by atoms with Gasteiger partial charge in [-0.1, -0.05) is 67.6 Å². The molecule has 0 unspecified atom stereocenters. The quantitative estimate of drug-likeness (QED) is 0.665. The minimum Gasteiger partial charge on any atom is -0.353 e. The lowest BCUT2D eigenvalue weighted by atomic mass is 9.99. The number of nitrogens with zero attached hydrogens (tertiary/aromatic N) is 1. The summed E-state index contributed by atoms with van der Waals surface area (Å²) in [6, 6.07) is 20.1. The molecule has 0 radical (unpaired) electrons. The van der Waals surface area contributed by atoms with Crippen molar-refractivity contribution in [3.8, 4) is 0 Å². The molecule has 0 heterocycles. The molecule has 2 rings (SSSR count). The Morgan fingerprint density at radius 2 is 1.39 bits per heavy atom. The zero-order valence-corrected chi connectivity index (χ0v) is 17.0. The molecule has 150 valence electrons. The van der Waals surface area contributed by atoms with E-state index in [4.69, 9.17) is 0 Å². The van der Waals surface area contributed by atoms with Gasteiger partial charge in [-0.3, -0.25) is 14.5 Å². The molecule has 0 saturated heterocycles. The molecule has 0 aliphatic rings. The molecule has 0 saturated carbocycles. The summed E-state index contributed by atoms with van der Waals surface area (Å²) in [6.07, 6.45) is 0.719. The van der Waals surface area contributed by atoms with E-state index >= 15 is 0 Å². The topological polar surface area (TPSA) is 61.4 Å². The summed E-state index contributed by atoms with van der Waals surface area (Å²) in [5.41, 5.74) is 2.24. The van der Waals surface area contributed by atoms with E-state index in [1.54, 1.807) is 0 Å². The van der Waals surface area contributed by atoms with Gasteiger partial charge in [-0.05, 0) is 37.9 Å². The van der Waals surface area contributed by atoms with E-state index in [9.17, 15) is 9.59 Å². The second-order valence-corrected chi connectivity index (χ2v) is 7.25. The molecular formula is C23H31N3O2. The molecule has 5 heteroatoms. The Labute approximate surface area is 168 Å². The molecule has 2 amide bonds. The van der Waals surface area contributed by atoms with Crippen molar-refractivity contribution in [2.24, 2.45) is 0 Å². The van der Waals surface area contributed by atoms with E-state index in [1.807, 2.05) is 74.2 Å². The SMILES string of the molecule is CCN(CC(=O)NC(C)C)CC(=O)N[C@H](Cc1ccccc1)c1ccccc1. The maximum Gasteiger partial charge on any atom is 0.234 e. The van der Waals surface area contributed by atoms with Gasteiger partial charge in [-0.15, -0.1) is 0 Å². The van der Waals surface area contributed by atoms with E-state index in [-0.39, 0.29) is 37.0 Å². The lowest BCUT2D eigenvalue weighted by molar-refractivity contribution is -0.125.